The molecule has 0 aliphatic heterocycles. The lowest BCUT2D eigenvalue weighted by Crippen LogP contribution is -2.12. The molecule has 0 aliphatic carbocycles. The van der Waals surface area contributed by atoms with Crippen molar-refractivity contribution in [3.8, 4) is 77.9 Å². The van der Waals surface area contributed by atoms with E-state index in [4.69, 9.17) is 30.9 Å². The summed E-state index contributed by atoms with van der Waals surface area (Å²) in [6.45, 7) is 9.97. The molecule has 5 atom stereocenters. The zero-order valence-corrected chi connectivity index (χ0v) is 80.0. The van der Waals surface area contributed by atoms with Crippen LogP contribution in [0.3, 0.4) is 0 Å². The Morgan fingerprint density at radius 1 is 0.193 bits per heavy atom. The van der Waals surface area contributed by atoms with E-state index in [-0.39, 0.29) is 162 Å². The number of Topliss-reactive ketones (excluding diaryl/α,β-unsaturated/α-hetero) is 2. The summed E-state index contributed by atoms with van der Waals surface area (Å²) in [5.41, 5.74) is 0.799. The first-order valence-electron chi connectivity index (χ1n) is 46.0. The normalized spacial score (nSPS) is 12.0. The lowest BCUT2D eigenvalue weighted by Gasteiger charge is -2.12. The van der Waals surface area contributed by atoms with E-state index >= 15 is 0 Å². The predicted molar refractivity (Wildman–Crippen MR) is 548 cm³/mol. The van der Waals surface area contributed by atoms with Gasteiger partial charge in [0.1, 0.15) is 194 Å². The van der Waals surface area contributed by atoms with E-state index < -0.39 is 132 Å². The fraction of sp³-hybridized carbons (Fsp3) is 0.101. The number of carbonyl (C=O) groups is 2. The van der Waals surface area contributed by atoms with Crippen LogP contribution in [0, 0.1) is 58.2 Å². The van der Waals surface area contributed by atoms with E-state index in [1.54, 1.807) is 103 Å². The quantitative estimate of drug-likeness (QED) is 0.0499. The molecule has 31 heteroatoms. The number of hydrogen-bond donors (Lipinski definition) is 5. The van der Waals surface area contributed by atoms with E-state index in [1.165, 1.54) is 218 Å². The van der Waals surface area contributed by atoms with Crippen LogP contribution in [0.25, 0.3) is 155 Å². The number of fused-ring (bicyclic) bond motifs is 7. The van der Waals surface area contributed by atoms with E-state index in [1.807, 2.05) is 18.2 Å². The van der Waals surface area contributed by atoms with Crippen molar-refractivity contribution in [1.29, 1.82) is 0 Å². The molecule has 756 valence electrons. The molecular formula is C119H84F10O21. The summed E-state index contributed by atoms with van der Waals surface area (Å²) in [5, 5.41) is 48.4. The van der Waals surface area contributed by atoms with Crippen LogP contribution in [0.5, 0.6) is 0 Å². The molecule has 5 N–H and O–H groups in total. The highest BCUT2D eigenvalue weighted by atomic mass is 19.2. The van der Waals surface area contributed by atoms with Gasteiger partial charge in [0.2, 0.25) is 38.0 Å². The molecule has 5 unspecified atom stereocenters. The van der Waals surface area contributed by atoms with Crippen LogP contribution in [0.1, 0.15) is 129 Å². The van der Waals surface area contributed by atoms with E-state index in [9.17, 15) is 113 Å². The molecule has 0 radical (unpaired) electrons. The Bertz CT molecular complexity index is 8650. The third kappa shape index (κ3) is 22.5. The lowest BCUT2D eigenvalue weighted by atomic mass is 10.00. The molecule has 0 fully saturated rings. The second kappa shape index (κ2) is 46.2. The van der Waals surface area contributed by atoms with Crippen LogP contribution < -0.4 is 38.0 Å². The summed E-state index contributed by atoms with van der Waals surface area (Å²) in [7, 11) is 0. The highest BCUT2D eigenvalue weighted by Gasteiger charge is 2.30. The van der Waals surface area contributed by atoms with Crippen molar-refractivity contribution in [2.75, 3.05) is 0 Å². The van der Waals surface area contributed by atoms with Gasteiger partial charge in [0.25, 0.3) is 0 Å². The summed E-state index contributed by atoms with van der Waals surface area (Å²) in [5.74, 6) is -6.68. The number of benzene rings is 14. The molecule has 0 bridgehead atoms. The van der Waals surface area contributed by atoms with Gasteiger partial charge in [-0.3, -0.25) is 43.2 Å². The first kappa shape index (κ1) is 106. The maximum Gasteiger partial charge on any atom is 0.204 e. The highest BCUT2D eigenvalue weighted by molar-refractivity contribution is 6.02. The minimum atomic E-state index is -1.07. The molecule has 7 aromatic heterocycles. The fourth-order valence-electron chi connectivity index (χ4n) is 16.6. The van der Waals surface area contributed by atoms with Crippen LogP contribution in [0.2, 0.25) is 0 Å². The number of ketones is 2. The number of halogens is 10. The second-order valence-electron chi connectivity index (χ2n) is 33.9. The average molecular weight is 2040 g/mol. The Hall–Kier alpha value is -18.0. The fourth-order valence-corrected chi connectivity index (χ4v) is 16.6. The summed E-state index contributed by atoms with van der Waals surface area (Å²) in [6, 6.07) is 79.1. The molecule has 21 nitrogen and oxygen atoms in total. The predicted octanol–water partition coefficient (Wildman–Crippen LogP) is 26.3. The van der Waals surface area contributed by atoms with Crippen LogP contribution in [-0.2, 0) is 0 Å². The molecule has 0 saturated heterocycles. The first-order valence-corrected chi connectivity index (χ1v) is 46.0. The summed E-state index contributed by atoms with van der Waals surface area (Å²) < 4.78 is 175. The number of aliphatic hydroxyl groups is 5. The molecule has 0 amide bonds. The van der Waals surface area contributed by atoms with Gasteiger partial charge in [0, 0.05) is 13.8 Å². The Labute approximate surface area is 842 Å². The Morgan fingerprint density at radius 2 is 0.340 bits per heavy atom. The molecule has 14 aromatic carbocycles. The van der Waals surface area contributed by atoms with Crippen LogP contribution in [-0.4, -0.2) is 37.1 Å². The molecule has 0 saturated carbocycles. The number of carbonyl (C=O) groups excluding carboxylic acids is 2. The third-order valence-electron chi connectivity index (χ3n) is 23.4. The van der Waals surface area contributed by atoms with Gasteiger partial charge in [-0.2, -0.15) is 0 Å². The monoisotopic (exact) mass is 2040 g/mol. The van der Waals surface area contributed by atoms with Crippen LogP contribution in [0.4, 0.5) is 43.9 Å². The summed E-state index contributed by atoms with van der Waals surface area (Å²) in [4.78, 5) is 112. The third-order valence-corrected chi connectivity index (χ3v) is 23.4. The van der Waals surface area contributed by atoms with Crippen LogP contribution >= 0.6 is 0 Å². The van der Waals surface area contributed by atoms with Gasteiger partial charge in [-0.1, -0.05) is 200 Å². The molecular weight excluding hydrogens is 1960 g/mol. The van der Waals surface area contributed by atoms with E-state index in [2.05, 4.69) is 0 Å². The van der Waals surface area contributed by atoms with Gasteiger partial charge in [-0.15, -0.1) is 0 Å². The van der Waals surface area contributed by atoms with Gasteiger partial charge < -0.3 is 56.5 Å². The standard InChI is InChI=1S/2C17H12F2O3.C17H10F2O3.3C17H13FO3.C17H11FO3/c3*1-9(20)17-14(10-5-7-11(18)8-6-10)16(21)15-12(19)3-2-4-13(15)22-17;4*1-10(19)17-14(11-6-3-2-4-7-11)16(20)15-12(18)8-5-9-13(15)21-17/h2*2-9,20H,1H3;2-8H,1H3;3*2-10,19H,1H3;2-9H,1H3. The van der Waals surface area contributed by atoms with Crippen molar-refractivity contribution in [1.82, 2.24) is 0 Å². The largest absolute Gasteiger partial charge is 0.457 e. The molecule has 0 aliphatic rings. The first-order chi connectivity index (χ1) is 71.8. The zero-order valence-electron chi connectivity index (χ0n) is 80.0. The van der Waals surface area contributed by atoms with Crippen molar-refractivity contribution < 1.29 is 110 Å². The maximum absolute atomic E-state index is 14.0. The molecule has 0 spiro atoms. The Morgan fingerprint density at radius 3 is 0.507 bits per heavy atom. The van der Waals surface area contributed by atoms with Gasteiger partial charge in [-0.05, 0) is 195 Å². The Kier molecular flexibility index (Phi) is 32.7. The Balaban J connectivity index is 0.000000131. The zero-order chi connectivity index (χ0) is 107. The number of hydrogen-bond acceptors (Lipinski definition) is 21. The molecule has 150 heavy (non-hydrogen) atoms. The van der Waals surface area contributed by atoms with Crippen molar-refractivity contribution in [3.63, 3.8) is 0 Å². The van der Waals surface area contributed by atoms with Crippen molar-refractivity contribution in [2.24, 2.45) is 0 Å². The van der Waals surface area contributed by atoms with Gasteiger partial charge >= 0.3 is 0 Å². The van der Waals surface area contributed by atoms with Crippen molar-refractivity contribution >= 4 is 88.4 Å². The number of aliphatic hydroxyl groups excluding tert-OH is 5. The molecule has 21 rings (SSSR count). The van der Waals surface area contributed by atoms with Crippen LogP contribution in [0.15, 0.2) is 386 Å². The van der Waals surface area contributed by atoms with Gasteiger partial charge in [0.05, 0.1) is 38.9 Å². The van der Waals surface area contributed by atoms with Crippen molar-refractivity contribution in [3.05, 3.63) is 492 Å². The van der Waals surface area contributed by atoms with Gasteiger partial charge in [-0.25, -0.2) is 43.9 Å². The highest BCUT2D eigenvalue weighted by Crippen LogP contribution is 2.38. The summed E-state index contributed by atoms with van der Waals surface area (Å²) in [6.07, 6.45) is -5.05. The van der Waals surface area contributed by atoms with E-state index in [0.29, 0.717) is 38.9 Å². The summed E-state index contributed by atoms with van der Waals surface area (Å²) >= 11 is 0. The van der Waals surface area contributed by atoms with E-state index in [0.717, 1.165) is 30.3 Å². The lowest BCUT2D eigenvalue weighted by molar-refractivity contribution is 0.0981. The maximum atomic E-state index is 14.0. The van der Waals surface area contributed by atoms with Crippen molar-refractivity contribution in [2.45, 2.75) is 79.0 Å². The minimum Gasteiger partial charge on any atom is -0.457 e. The second-order valence-corrected chi connectivity index (χ2v) is 33.9. The number of rotatable bonds is 14. The molecule has 7 heterocycles. The topological polar surface area (TPSA) is 347 Å². The minimum absolute atomic E-state index is 0.000983. The molecule has 21 aromatic rings. The smallest absolute Gasteiger partial charge is 0.204 e. The SMILES string of the molecule is CC(=O)c1oc2cccc(F)c2c(=O)c1-c1ccc(F)cc1.CC(=O)c1oc2cccc(F)c2c(=O)c1-c1ccccc1.CC(O)c1oc2cccc(F)c2c(=O)c1-c1ccc(F)cc1.CC(O)c1oc2cccc(F)c2c(=O)c1-c1ccc(F)cc1.CC(O)c1oc2cccc(F)c2c(=O)c1-c1ccccc1.CC(O)c1oc2cccc(F)c2c(=O)c1-c1ccccc1.CC(O)c1oc2cccc(F)c2c(=O)c1-c1ccccc1. The van der Waals surface area contributed by atoms with Gasteiger partial charge in [0.15, 0.2) is 23.1 Å². The average Bonchev–Trinajstić information content (AvgIpc) is 0.669.